The molecule has 0 aliphatic carbocycles. The molecule has 1 N–H and O–H groups in total. The van der Waals surface area contributed by atoms with Crippen molar-refractivity contribution in [1.82, 2.24) is 4.98 Å². The molecule has 22 heavy (non-hydrogen) atoms. The molecule has 0 atom stereocenters. The Hall–Kier alpha value is -3.34. The lowest BCUT2D eigenvalue weighted by molar-refractivity contribution is 0.415. The van der Waals surface area contributed by atoms with Gasteiger partial charge in [-0.1, -0.05) is 0 Å². The molecule has 0 saturated heterocycles. The Morgan fingerprint density at radius 1 is 1.14 bits per heavy atom. The highest BCUT2D eigenvalue weighted by Crippen LogP contribution is 2.27. The Balaban J connectivity index is 2.25. The Kier molecular flexibility index (Phi) is 4.72. The Bertz CT molecular complexity index is 815. The predicted molar refractivity (Wildman–Crippen MR) is 81.6 cm³/mol. The average Bonchev–Trinajstić information content (AvgIpc) is 3.03. The second kappa shape index (κ2) is 6.90. The third-order valence-electron chi connectivity index (χ3n) is 2.71. The van der Waals surface area contributed by atoms with Gasteiger partial charge in [0.25, 0.3) is 0 Å². The van der Waals surface area contributed by atoms with Crippen molar-refractivity contribution in [2.45, 2.75) is 0 Å². The molecule has 0 radical (unpaired) electrons. The minimum absolute atomic E-state index is 0.111. The molecule has 0 saturated carbocycles. The van der Waals surface area contributed by atoms with Crippen LogP contribution >= 0.6 is 11.3 Å². The number of rotatable bonds is 4. The number of hydrogen-bond donors (Lipinski definition) is 1. The SMILES string of the molecule is COc1ccc(-c2csc(NC(C#N)=C(C#N)C#N)n2)cc1. The zero-order valence-corrected chi connectivity index (χ0v) is 12.3. The van der Waals surface area contributed by atoms with Crippen LogP contribution in [0.3, 0.4) is 0 Å². The van der Waals surface area contributed by atoms with Crippen molar-refractivity contribution in [3.63, 3.8) is 0 Å². The first kappa shape index (κ1) is 15.1. The number of allylic oxidation sites excluding steroid dienone is 2. The Morgan fingerprint density at radius 3 is 2.36 bits per heavy atom. The van der Waals surface area contributed by atoms with E-state index in [2.05, 4.69) is 10.3 Å². The lowest BCUT2D eigenvalue weighted by atomic mass is 10.2. The molecule has 6 nitrogen and oxygen atoms in total. The van der Waals surface area contributed by atoms with E-state index in [4.69, 9.17) is 20.5 Å². The molecule has 0 spiro atoms. The highest BCUT2D eigenvalue weighted by Gasteiger charge is 2.10. The van der Waals surface area contributed by atoms with Crippen molar-refractivity contribution in [2.24, 2.45) is 0 Å². The van der Waals surface area contributed by atoms with Crippen LogP contribution in [0.15, 0.2) is 40.9 Å². The van der Waals surface area contributed by atoms with Crippen LogP contribution in [0.2, 0.25) is 0 Å². The van der Waals surface area contributed by atoms with Crippen LogP contribution in [0, 0.1) is 34.0 Å². The van der Waals surface area contributed by atoms with E-state index in [1.807, 2.05) is 29.6 Å². The fourth-order valence-corrected chi connectivity index (χ4v) is 2.34. The van der Waals surface area contributed by atoms with Gasteiger partial charge in [-0.2, -0.15) is 15.8 Å². The van der Waals surface area contributed by atoms with Crippen molar-refractivity contribution in [3.05, 3.63) is 40.9 Å². The lowest BCUT2D eigenvalue weighted by Crippen LogP contribution is -2.00. The first-order chi connectivity index (χ1) is 10.7. The third kappa shape index (κ3) is 3.21. The van der Waals surface area contributed by atoms with E-state index in [-0.39, 0.29) is 11.3 Å². The van der Waals surface area contributed by atoms with E-state index in [1.165, 1.54) is 11.3 Å². The molecule has 2 rings (SSSR count). The Labute approximate surface area is 131 Å². The maximum atomic E-state index is 8.99. The number of aromatic nitrogens is 1. The summed E-state index contributed by atoms with van der Waals surface area (Å²) in [7, 11) is 1.59. The van der Waals surface area contributed by atoms with E-state index >= 15 is 0 Å². The number of nitriles is 3. The summed E-state index contributed by atoms with van der Waals surface area (Å²) in [5, 5.41) is 31.5. The summed E-state index contributed by atoms with van der Waals surface area (Å²) < 4.78 is 5.09. The molecule has 7 heteroatoms. The minimum Gasteiger partial charge on any atom is -0.497 e. The zero-order chi connectivity index (χ0) is 15.9. The van der Waals surface area contributed by atoms with Gasteiger partial charge in [-0.25, -0.2) is 4.98 Å². The van der Waals surface area contributed by atoms with Gasteiger partial charge in [0.05, 0.1) is 12.8 Å². The van der Waals surface area contributed by atoms with Gasteiger partial charge in [-0.05, 0) is 24.3 Å². The van der Waals surface area contributed by atoms with Crippen LogP contribution in [-0.2, 0) is 0 Å². The fourth-order valence-electron chi connectivity index (χ4n) is 1.62. The smallest absolute Gasteiger partial charge is 0.188 e. The average molecular weight is 307 g/mol. The highest BCUT2D eigenvalue weighted by atomic mass is 32.1. The molecule has 0 aliphatic heterocycles. The summed E-state index contributed by atoms with van der Waals surface area (Å²) in [4.78, 5) is 4.34. The topological polar surface area (TPSA) is 106 Å². The number of anilines is 1. The predicted octanol–water partition coefficient (Wildman–Crippen LogP) is 3.06. The molecule has 0 unspecified atom stereocenters. The molecule has 1 aromatic carbocycles. The number of hydrogen-bond acceptors (Lipinski definition) is 7. The summed E-state index contributed by atoms with van der Waals surface area (Å²) in [5.74, 6) is 0.750. The monoisotopic (exact) mass is 307 g/mol. The molecule has 0 fully saturated rings. The van der Waals surface area contributed by atoms with Crippen LogP contribution in [0.1, 0.15) is 0 Å². The van der Waals surface area contributed by atoms with Gasteiger partial charge < -0.3 is 10.1 Å². The normalized spacial score (nSPS) is 9.00. The fraction of sp³-hybridized carbons (Fsp3) is 0.0667. The molecule has 2 aromatic rings. The van der Waals surface area contributed by atoms with Gasteiger partial charge in [0.2, 0.25) is 0 Å². The van der Waals surface area contributed by atoms with Crippen LogP contribution < -0.4 is 10.1 Å². The molecule has 1 aromatic heterocycles. The number of nitrogens with one attached hydrogen (secondary N) is 1. The van der Waals surface area contributed by atoms with Gasteiger partial charge in [-0.15, -0.1) is 11.3 Å². The number of nitrogens with zero attached hydrogens (tertiary/aromatic N) is 4. The molecular formula is C15H9N5OS. The van der Waals surface area contributed by atoms with Crippen molar-refractivity contribution < 1.29 is 4.74 Å². The quantitative estimate of drug-likeness (QED) is 0.870. The van der Waals surface area contributed by atoms with Gasteiger partial charge in [0.1, 0.15) is 29.7 Å². The second-order valence-corrected chi connectivity index (χ2v) is 4.83. The van der Waals surface area contributed by atoms with Crippen molar-refractivity contribution in [3.8, 4) is 35.2 Å². The first-order valence-corrected chi connectivity index (χ1v) is 6.91. The van der Waals surface area contributed by atoms with Gasteiger partial charge in [0, 0.05) is 10.9 Å². The summed E-state index contributed by atoms with van der Waals surface area (Å²) in [6, 6.07) is 12.5. The van der Waals surface area contributed by atoms with Gasteiger partial charge in [0.15, 0.2) is 10.7 Å². The molecule has 106 valence electrons. The first-order valence-electron chi connectivity index (χ1n) is 6.03. The zero-order valence-electron chi connectivity index (χ0n) is 11.5. The molecule has 0 bridgehead atoms. The molecule has 1 heterocycles. The van der Waals surface area contributed by atoms with E-state index in [0.717, 1.165) is 17.0 Å². The van der Waals surface area contributed by atoms with Crippen molar-refractivity contribution in [2.75, 3.05) is 12.4 Å². The third-order valence-corrected chi connectivity index (χ3v) is 3.47. The second-order valence-electron chi connectivity index (χ2n) is 3.98. The van der Waals surface area contributed by atoms with Crippen molar-refractivity contribution in [1.29, 1.82) is 15.8 Å². The minimum atomic E-state index is -0.274. The lowest BCUT2D eigenvalue weighted by Gasteiger charge is -2.01. The summed E-state index contributed by atoms with van der Waals surface area (Å²) in [6.45, 7) is 0. The molecular weight excluding hydrogens is 298 g/mol. The molecule has 0 amide bonds. The van der Waals surface area contributed by atoms with E-state index in [1.54, 1.807) is 25.3 Å². The van der Waals surface area contributed by atoms with Crippen LogP contribution in [-0.4, -0.2) is 12.1 Å². The van der Waals surface area contributed by atoms with Crippen LogP contribution in [0.25, 0.3) is 11.3 Å². The van der Waals surface area contributed by atoms with Crippen molar-refractivity contribution >= 4 is 16.5 Å². The van der Waals surface area contributed by atoms with Crippen LogP contribution in [0.5, 0.6) is 5.75 Å². The van der Waals surface area contributed by atoms with Gasteiger partial charge >= 0.3 is 0 Å². The summed E-state index contributed by atoms with van der Waals surface area (Å²) in [6.07, 6.45) is 0. The number of thiazole rings is 1. The van der Waals surface area contributed by atoms with E-state index in [9.17, 15) is 0 Å². The number of ether oxygens (including phenoxy) is 1. The highest BCUT2D eigenvalue weighted by molar-refractivity contribution is 7.14. The largest absolute Gasteiger partial charge is 0.497 e. The maximum Gasteiger partial charge on any atom is 0.188 e. The standard InChI is InChI=1S/C15H9N5OS/c1-21-12-4-2-10(3-5-12)14-9-22-15(20-14)19-13(8-18)11(6-16)7-17/h2-5,9H,1H3,(H,19,20). The maximum absolute atomic E-state index is 8.99. The van der Waals surface area contributed by atoms with Gasteiger partial charge in [-0.3, -0.25) is 0 Å². The summed E-state index contributed by atoms with van der Waals surface area (Å²) >= 11 is 1.28. The summed E-state index contributed by atoms with van der Waals surface area (Å²) in [5.41, 5.74) is 1.24. The van der Waals surface area contributed by atoms with E-state index in [0.29, 0.717) is 5.13 Å². The van der Waals surface area contributed by atoms with Crippen LogP contribution in [0.4, 0.5) is 5.13 Å². The number of benzene rings is 1. The molecule has 0 aliphatic rings. The van der Waals surface area contributed by atoms with E-state index < -0.39 is 0 Å². The Morgan fingerprint density at radius 2 is 1.82 bits per heavy atom. The number of methoxy groups -OCH3 is 1.